The molecule has 0 heterocycles. The fourth-order valence-electron chi connectivity index (χ4n) is 1.21. The number of ether oxygens (including phenoxy) is 2. The van der Waals surface area contributed by atoms with Crippen molar-refractivity contribution in [3.8, 4) is 23.7 Å². The first-order valence-corrected chi connectivity index (χ1v) is 6.27. The number of carbonyl (C=O) groups is 2. The highest BCUT2D eigenvalue weighted by Gasteiger charge is 2.22. The zero-order chi connectivity index (χ0) is 16.1. The summed E-state index contributed by atoms with van der Waals surface area (Å²) < 4.78 is 10.1. The van der Waals surface area contributed by atoms with Crippen LogP contribution in [0.5, 0.6) is 0 Å². The maximum Gasteiger partial charge on any atom is 0.304 e. The molecule has 4 nitrogen and oxygen atoms in total. The van der Waals surface area contributed by atoms with E-state index in [1.54, 1.807) is 18.2 Å². The first-order valence-electron chi connectivity index (χ1n) is 6.27. The van der Waals surface area contributed by atoms with E-state index in [0.717, 1.165) is 0 Å². The van der Waals surface area contributed by atoms with Gasteiger partial charge in [0.1, 0.15) is 0 Å². The van der Waals surface area contributed by atoms with Gasteiger partial charge in [0.2, 0.25) is 6.10 Å². The van der Waals surface area contributed by atoms with E-state index in [-0.39, 0.29) is 0 Å². The van der Waals surface area contributed by atoms with Gasteiger partial charge in [-0.25, -0.2) is 0 Å². The molecule has 0 aromatic rings. The number of carbonyl (C=O) groups excluding carboxylic acids is 2. The van der Waals surface area contributed by atoms with Gasteiger partial charge in [0.15, 0.2) is 6.10 Å². The largest absolute Gasteiger partial charge is 0.453 e. The summed E-state index contributed by atoms with van der Waals surface area (Å²) in [4.78, 5) is 22.2. The fourth-order valence-corrected chi connectivity index (χ4v) is 1.21. The monoisotopic (exact) mass is 286 g/mol. The number of rotatable bonds is 5. The lowest BCUT2D eigenvalue weighted by atomic mass is 10.2. The van der Waals surface area contributed by atoms with E-state index in [1.165, 1.54) is 26.0 Å². The molecule has 0 saturated carbocycles. The molecule has 21 heavy (non-hydrogen) atoms. The molecule has 0 N–H and O–H groups in total. The molecule has 0 rings (SSSR count). The molecule has 0 saturated heterocycles. The summed E-state index contributed by atoms with van der Waals surface area (Å²) in [5, 5.41) is 0. The fraction of sp³-hybridized carbons (Fsp3) is 0.294. The van der Waals surface area contributed by atoms with Crippen LogP contribution in [0, 0.1) is 23.7 Å². The van der Waals surface area contributed by atoms with E-state index in [0.29, 0.717) is 0 Å². The highest BCUT2D eigenvalue weighted by atomic mass is 16.6. The third kappa shape index (κ3) is 9.81. The van der Waals surface area contributed by atoms with Gasteiger partial charge < -0.3 is 9.47 Å². The normalized spacial score (nSPS) is 12.5. The molecule has 0 radical (unpaired) electrons. The maximum absolute atomic E-state index is 11.1. The Labute approximate surface area is 125 Å². The van der Waals surface area contributed by atoms with Gasteiger partial charge in [-0.15, -0.1) is 0 Å². The molecule has 0 aliphatic carbocycles. The molecule has 0 amide bonds. The first-order chi connectivity index (χ1) is 10.0. The van der Waals surface area contributed by atoms with Gasteiger partial charge in [-0.2, -0.15) is 0 Å². The summed E-state index contributed by atoms with van der Waals surface area (Å²) in [5.74, 6) is 9.45. The van der Waals surface area contributed by atoms with Crippen molar-refractivity contribution in [2.75, 3.05) is 0 Å². The van der Waals surface area contributed by atoms with E-state index in [9.17, 15) is 9.59 Å². The Kier molecular flexibility index (Phi) is 9.69. The molecular weight excluding hydrogens is 268 g/mol. The smallest absolute Gasteiger partial charge is 0.304 e. The van der Waals surface area contributed by atoms with Gasteiger partial charge in [0, 0.05) is 13.8 Å². The summed E-state index contributed by atoms with van der Waals surface area (Å²) in [7, 11) is 0. The maximum atomic E-state index is 11.1. The first kappa shape index (κ1) is 18.3. The summed E-state index contributed by atoms with van der Waals surface area (Å²) in [6.45, 7) is 7.88. The van der Waals surface area contributed by atoms with Gasteiger partial charge in [-0.05, 0) is 36.8 Å². The Morgan fingerprint density at radius 3 is 2.33 bits per heavy atom. The minimum atomic E-state index is -0.928. The summed E-state index contributed by atoms with van der Waals surface area (Å²) in [6, 6.07) is 0. The SMILES string of the molecule is C=C/C=C/[C@@H](OC(C)=O)[C@@H](C#CC#C/C=C/C)OC(C)=O. The Hall–Kier alpha value is -2.72. The Morgan fingerprint density at radius 1 is 1.14 bits per heavy atom. The van der Waals surface area contributed by atoms with Crippen molar-refractivity contribution in [1.29, 1.82) is 0 Å². The topological polar surface area (TPSA) is 52.6 Å². The summed E-state index contributed by atoms with van der Waals surface area (Å²) in [6.07, 6.45) is 6.29. The average Bonchev–Trinajstić information content (AvgIpc) is 2.41. The summed E-state index contributed by atoms with van der Waals surface area (Å²) in [5.41, 5.74) is 0. The van der Waals surface area contributed by atoms with Gasteiger partial charge in [-0.3, -0.25) is 9.59 Å². The van der Waals surface area contributed by atoms with Crippen molar-refractivity contribution in [2.45, 2.75) is 33.0 Å². The second kappa shape index (κ2) is 11.1. The lowest BCUT2D eigenvalue weighted by Crippen LogP contribution is -2.31. The number of hydrogen-bond acceptors (Lipinski definition) is 4. The number of esters is 2. The Balaban J connectivity index is 5.25. The molecular formula is C17H18O4. The van der Waals surface area contributed by atoms with Crippen LogP contribution in [0.2, 0.25) is 0 Å². The van der Waals surface area contributed by atoms with Crippen LogP contribution < -0.4 is 0 Å². The molecule has 2 atom stereocenters. The molecule has 0 fully saturated rings. The van der Waals surface area contributed by atoms with Crippen LogP contribution in [0.25, 0.3) is 0 Å². The molecule has 0 aromatic heterocycles. The molecule has 0 spiro atoms. The number of hydrogen-bond donors (Lipinski definition) is 0. The molecule has 4 heteroatoms. The standard InChI is InChI=1S/C17H18O4/c1-5-7-9-10-11-13-17(21-15(4)19)16(12-8-6-2)20-14(3)18/h5-8,12,16-17H,2H2,1,3-4H3/b7-5+,12-8+/t16-,17-/m1/s1. The Morgan fingerprint density at radius 2 is 1.81 bits per heavy atom. The van der Waals surface area contributed by atoms with Crippen molar-refractivity contribution in [2.24, 2.45) is 0 Å². The second-order valence-electron chi connectivity index (χ2n) is 3.76. The number of allylic oxidation sites excluding steroid dienone is 4. The van der Waals surface area contributed by atoms with Crippen LogP contribution in [-0.2, 0) is 19.1 Å². The quantitative estimate of drug-likeness (QED) is 0.441. The molecule has 110 valence electrons. The van der Waals surface area contributed by atoms with Gasteiger partial charge >= 0.3 is 11.9 Å². The zero-order valence-electron chi connectivity index (χ0n) is 12.4. The van der Waals surface area contributed by atoms with E-state index in [1.807, 2.05) is 6.92 Å². The molecule has 0 unspecified atom stereocenters. The van der Waals surface area contributed by atoms with Gasteiger partial charge in [0.05, 0.1) is 0 Å². The van der Waals surface area contributed by atoms with Gasteiger partial charge in [0.25, 0.3) is 0 Å². The van der Waals surface area contributed by atoms with Crippen molar-refractivity contribution in [1.82, 2.24) is 0 Å². The van der Waals surface area contributed by atoms with Gasteiger partial charge in [-0.1, -0.05) is 30.7 Å². The molecule has 0 aromatic carbocycles. The van der Waals surface area contributed by atoms with Crippen LogP contribution in [-0.4, -0.2) is 24.1 Å². The van der Waals surface area contributed by atoms with Crippen molar-refractivity contribution >= 4 is 11.9 Å². The van der Waals surface area contributed by atoms with Crippen LogP contribution in [0.3, 0.4) is 0 Å². The molecule has 0 aliphatic heterocycles. The minimum Gasteiger partial charge on any atom is -0.453 e. The molecule has 0 aliphatic rings. The zero-order valence-corrected chi connectivity index (χ0v) is 12.4. The van der Waals surface area contributed by atoms with E-state index >= 15 is 0 Å². The molecule has 0 bridgehead atoms. The highest BCUT2D eigenvalue weighted by Crippen LogP contribution is 2.07. The highest BCUT2D eigenvalue weighted by molar-refractivity contribution is 5.68. The predicted molar refractivity (Wildman–Crippen MR) is 80.8 cm³/mol. The lowest BCUT2D eigenvalue weighted by Gasteiger charge is -2.19. The van der Waals surface area contributed by atoms with Crippen molar-refractivity contribution in [3.63, 3.8) is 0 Å². The van der Waals surface area contributed by atoms with E-state index in [4.69, 9.17) is 9.47 Å². The predicted octanol–water partition coefficient (Wildman–Crippen LogP) is 2.17. The van der Waals surface area contributed by atoms with Crippen LogP contribution in [0.4, 0.5) is 0 Å². The van der Waals surface area contributed by atoms with Crippen molar-refractivity contribution < 1.29 is 19.1 Å². The minimum absolute atomic E-state index is 0.507. The lowest BCUT2D eigenvalue weighted by molar-refractivity contribution is -0.157. The van der Waals surface area contributed by atoms with E-state index in [2.05, 4.69) is 30.3 Å². The van der Waals surface area contributed by atoms with Crippen molar-refractivity contribution in [3.05, 3.63) is 37.0 Å². The van der Waals surface area contributed by atoms with Crippen LogP contribution >= 0.6 is 0 Å². The van der Waals surface area contributed by atoms with Crippen LogP contribution in [0.1, 0.15) is 20.8 Å². The average molecular weight is 286 g/mol. The third-order valence-corrected chi connectivity index (χ3v) is 1.93. The van der Waals surface area contributed by atoms with E-state index < -0.39 is 24.1 Å². The second-order valence-corrected chi connectivity index (χ2v) is 3.76. The Bertz CT molecular complexity index is 547. The summed E-state index contributed by atoms with van der Waals surface area (Å²) >= 11 is 0. The van der Waals surface area contributed by atoms with Crippen LogP contribution in [0.15, 0.2) is 37.0 Å². The third-order valence-electron chi connectivity index (χ3n) is 1.93.